The summed E-state index contributed by atoms with van der Waals surface area (Å²) in [6.07, 6.45) is 1.24. The number of anilines is 2. The van der Waals surface area contributed by atoms with Crippen molar-refractivity contribution in [2.24, 2.45) is 0 Å². The highest BCUT2D eigenvalue weighted by Crippen LogP contribution is 2.21. The van der Waals surface area contributed by atoms with E-state index in [0.717, 1.165) is 25.3 Å². The van der Waals surface area contributed by atoms with E-state index in [1.54, 1.807) is 0 Å². The second-order valence-corrected chi connectivity index (χ2v) is 4.68. The summed E-state index contributed by atoms with van der Waals surface area (Å²) in [5.74, 6) is 0. The van der Waals surface area contributed by atoms with Gasteiger partial charge in [0.2, 0.25) is 0 Å². The zero-order valence-corrected chi connectivity index (χ0v) is 10.2. The van der Waals surface area contributed by atoms with Crippen LogP contribution < -0.4 is 10.6 Å². The van der Waals surface area contributed by atoms with Gasteiger partial charge in [0, 0.05) is 31.0 Å². The van der Waals surface area contributed by atoms with Gasteiger partial charge in [0.05, 0.1) is 0 Å². The third kappa shape index (κ3) is 2.47. The van der Waals surface area contributed by atoms with Gasteiger partial charge in [-0.05, 0) is 50.7 Å². The van der Waals surface area contributed by atoms with Crippen molar-refractivity contribution >= 4 is 11.4 Å². The lowest BCUT2D eigenvalue weighted by Crippen LogP contribution is -2.28. The molecule has 1 fully saturated rings. The molecule has 16 heavy (non-hydrogen) atoms. The molecule has 0 saturated carbocycles. The van der Waals surface area contributed by atoms with Gasteiger partial charge in [-0.15, -0.1) is 0 Å². The molecule has 2 rings (SSSR count). The topological polar surface area (TPSA) is 32.5 Å². The summed E-state index contributed by atoms with van der Waals surface area (Å²) >= 11 is 0. The zero-order chi connectivity index (χ0) is 11.5. The smallest absolute Gasteiger partial charge is 0.0370 e. The maximum Gasteiger partial charge on any atom is 0.0370 e. The first-order valence-electron chi connectivity index (χ1n) is 5.96. The molecule has 88 valence electrons. The fourth-order valence-electron chi connectivity index (χ4n) is 2.16. The van der Waals surface area contributed by atoms with Crippen LogP contribution in [0.5, 0.6) is 0 Å². The van der Waals surface area contributed by atoms with Gasteiger partial charge in [-0.3, -0.25) is 0 Å². The number of nitrogen functional groups attached to an aromatic ring is 1. The third-order valence-corrected chi connectivity index (χ3v) is 3.34. The lowest BCUT2D eigenvalue weighted by Gasteiger charge is -2.23. The minimum atomic E-state index is 0.885. The van der Waals surface area contributed by atoms with E-state index in [4.69, 9.17) is 5.73 Å². The molecule has 0 bridgehead atoms. The summed E-state index contributed by atoms with van der Waals surface area (Å²) < 4.78 is 0. The SMILES string of the molecule is Cc1cc(N2CCCN(C)CC2)ccc1N. The van der Waals surface area contributed by atoms with Crippen LogP contribution in [0, 0.1) is 6.92 Å². The molecule has 1 saturated heterocycles. The Balaban J connectivity index is 2.13. The van der Waals surface area contributed by atoms with Crippen molar-refractivity contribution in [3.63, 3.8) is 0 Å². The predicted octanol–water partition coefficient (Wildman–Crippen LogP) is 1.72. The van der Waals surface area contributed by atoms with Crippen LogP contribution in [-0.4, -0.2) is 38.1 Å². The zero-order valence-electron chi connectivity index (χ0n) is 10.2. The molecular formula is C13H21N3. The van der Waals surface area contributed by atoms with E-state index in [0.29, 0.717) is 0 Å². The van der Waals surface area contributed by atoms with E-state index < -0.39 is 0 Å². The van der Waals surface area contributed by atoms with E-state index in [2.05, 4.69) is 35.9 Å². The fourth-order valence-corrected chi connectivity index (χ4v) is 2.16. The van der Waals surface area contributed by atoms with Crippen molar-refractivity contribution in [1.82, 2.24) is 4.90 Å². The minimum absolute atomic E-state index is 0.885. The molecule has 0 unspecified atom stereocenters. The molecule has 0 spiro atoms. The number of nitrogens with zero attached hydrogens (tertiary/aromatic N) is 2. The van der Waals surface area contributed by atoms with E-state index in [1.165, 1.54) is 24.2 Å². The maximum atomic E-state index is 5.84. The summed E-state index contributed by atoms with van der Waals surface area (Å²) in [5.41, 5.74) is 9.21. The van der Waals surface area contributed by atoms with Crippen LogP contribution in [0.25, 0.3) is 0 Å². The first-order valence-corrected chi connectivity index (χ1v) is 5.96. The van der Waals surface area contributed by atoms with E-state index in [-0.39, 0.29) is 0 Å². The van der Waals surface area contributed by atoms with Crippen LogP contribution in [0.3, 0.4) is 0 Å². The van der Waals surface area contributed by atoms with Gasteiger partial charge < -0.3 is 15.5 Å². The summed E-state index contributed by atoms with van der Waals surface area (Å²) in [7, 11) is 2.19. The van der Waals surface area contributed by atoms with E-state index in [9.17, 15) is 0 Å². The van der Waals surface area contributed by atoms with Crippen LogP contribution in [0.2, 0.25) is 0 Å². The number of rotatable bonds is 1. The Bertz CT molecular complexity index is 362. The molecule has 0 amide bonds. The van der Waals surface area contributed by atoms with E-state index in [1.807, 2.05) is 6.07 Å². The number of likely N-dealkylation sites (N-methyl/N-ethyl adjacent to an activating group) is 1. The molecule has 0 aliphatic carbocycles. The highest BCUT2D eigenvalue weighted by molar-refractivity contribution is 5.58. The molecule has 3 nitrogen and oxygen atoms in total. The number of benzene rings is 1. The van der Waals surface area contributed by atoms with Gasteiger partial charge in [0.25, 0.3) is 0 Å². The summed E-state index contributed by atoms with van der Waals surface area (Å²) in [4.78, 5) is 4.85. The van der Waals surface area contributed by atoms with Crippen molar-refractivity contribution in [3.05, 3.63) is 23.8 Å². The standard InChI is InChI=1S/C13H21N3/c1-11-10-12(4-5-13(11)14)16-7-3-6-15(2)8-9-16/h4-5,10H,3,6-9,14H2,1-2H3. The van der Waals surface area contributed by atoms with Crippen molar-refractivity contribution in [2.45, 2.75) is 13.3 Å². The second kappa shape index (κ2) is 4.74. The maximum absolute atomic E-state index is 5.84. The molecule has 1 aliphatic heterocycles. The van der Waals surface area contributed by atoms with Gasteiger partial charge in [-0.25, -0.2) is 0 Å². The van der Waals surface area contributed by atoms with Gasteiger partial charge >= 0.3 is 0 Å². The van der Waals surface area contributed by atoms with Gasteiger partial charge in [0.1, 0.15) is 0 Å². The molecule has 0 atom stereocenters. The minimum Gasteiger partial charge on any atom is -0.399 e. The Kier molecular flexibility index (Phi) is 3.34. The number of hydrogen-bond donors (Lipinski definition) is 1. The molecule has 1 aromatic rings. The van der Waals surface area contributed by atoms with Crippen molar-refractivity contribution < 1.29 is 0 Å². The Hall–Kier alpha value is -1.22. The quantitative estimate of drug-likeness (QED) is 0.730. The van der Waals surface area contributed by atoms with Gasteiger partial charge in [-0.1, -0.05) is 0 Å². The average molecular weight is 219 g/mol. The van der Waals surface area contributed by atoms with Crippen LogP contribution in [-0.2, 0) is 0 Å². The van der Waals surface area contributed by atoms with Crippen molar-refractivity contribution in [1.29, 1.82) is 0 Å². The Morgan fingerprint density at radius 2 is 1.94 bits per heavy atom. The largest absolute Gasteiger partial charge is 0.399 e. The van der Waals surface area contributed by atoms with Crippen LogP contribution in [0.4, 0.5) is 11.4 Å². The van der Waals surface area contributed by atoms with Gasteiger partial charge in [0.15, 0.2) is 0 Å². The van der Waals surface area contributed by atoms with Gasteiger partial charge in [-0.2, -0.15) is 0 Å². The fraction of sp³-hybridized carbons (Fsp3) is 0.538. The molecule has 1 heterocycles. The second-order valence-electron chi connectivity index (χ2n) is 4.68. The average Bonchev–Trinajstić information content (AvgIpc) is 2.47. The van der Waals surface area contributed by atoms with Crippen LogP contribution >= 0.6 is 0 Å². The van der Waals surface area contributed by atoms with Crippen LogP contribution in [0.1, 0.15) is 12.0 Å². The monoisotopic (exact) mass is 219 g/mol. The summed E-state index contributed by atoms with van der Waals surface area (Å²) in [6.45, 7) is 6.67. The number of hydrogen-bond acceptors (Lipinski definition) is 3. The molecule has 2 N–H and O–H groups in total. The van der Waals surface area contributed by atoms with Crippen LogP contribution in [0.15, 0.2) is 18.2 Å². The molecular weight excluding hydrogens is 198 g/mol. The van der Waals surface area contributed by atoms with Crippen molar-refractivity contribution in [3.8, 4) is 0 Å². The highest BCUT2D eigenvalue weighted by atomic mass is 15.2. The van der Waals surface area contributed by atoms with Crippen molar-refractivity contribution in [2.75, 3.05) is 43.9 Å². The normalized spacial score (nSPS) is 18.5. The highest BCUT2D eigenvalue weighted by Gasteiger charge is 2.12. The summed E-state index contributed by atoms with van der Waals surface area (Å²) in [6, 6.07) is 6.34. The Morgan fingerprint density at radius 1 is 1.12 bits per heavy atom. The number of aryl methyl sites for hydroxylation is 1. The Morgan fingerprint density at radius 3 is 2.69 bits per heavy atom. The molecule has 0 aromatic heterocycles. The Labute approximate surface area is 97.8 Å². The molecule has 1 aromatic carbocycles. The first kappa shape index (κ1) is 11.3. The predicted molar refractivity (Wildman–Crippen MR) is 69.9 cm³/mol. The number of nitrogens with two attached hydrogens (primary N) is 1. The molecule has 3 heteroatoms. The first-order chi connectivity index (χ1) is 7.66. The third-order valence-electron chi connectivity index (χ3n) is 3.34. The molecule has 0 radical (unpaired) electrons. The summed E-state index contributed by atoms with van der Waals surface area (Å²) in [5, 5.41) is 0. The lowest BCUT2D eigenvalue weighted by atomic mass is 10.1. The lowest BCUT2D eigenvalue weighted by molar-refractivity contribution is 0.360. The van der Waals surface area contributed by atoms with E-state index >= 15 is 0 Å². The molecule has 1 aliphatic rings.